The first-order valence-corrected chi connectivity index (χ1v) is 6.98. The number of piperidine rings is 1. The number of amides is 1. The van der Waals surface area contributed by atoms with Crippen molar-refractivity contribution in [1.29, 1.82) is 0 Å². The fourth-order valence-corrected chi connectivity index (χ4v) is 2.32. The summed E-state index contributed by atoms with van der Waals surface area (Å²) in [6, 6.07) is 4.46. The Kier molecular flexibility index (Phi) is 5.10. The smallest absolute Gasteiger partial charge is 0.311 e. The molecule has 2 rings (SSSR count). The monoisotopic (exact) mass is 293 g/mol. The highest BCUT2D eigenvalue weighted by molar-refractivity contribution is 5.94. The zero-order valence-corrected chi connectivity index (χ0v) is 11.9. The summed E-state index contributed by atoms with van der Waals surface area (Å²) in [7, 11) is 1.48. The summed E-state index contributed by atoms with van der Waals surface area (Å²) in [5.41, 5.74) is 0.0549. The summed E-state index contributed by atoms with van der Waals surface area (Å²) in [4.78, 5) is 22.1. The molecule has 2 N–H and O–H groups in total. The Morgan fingerprint density at radius 1 is 1.52 bits per heavy atom. The average Bonchev–Trinajstić information content (AvgIpc) is 2.52. The molecular formula is C14H19N3O4. The minimum absolute atomic E-state index is 0.188. The summed E-state index contributed by atoms with van der Waals surface area (Å²) in [6.45, 7) is 1.34. The van der Waals surface area contributed by atoms with Crippen molar-refractivity contribution in [2.75, 3.05) is 20.2 Å². The lowest BCUT2D eigenvalue weighted by Gasteiger charge is -2.23. The predicted octanol–water partition coefficient (Wildman–Crippen LogP) is 1.48. The lowest BCUT2D eigenvalue weighted by Crippen LogP contribution is -2.38. The summed E-state index contributed by atoms with van der Waals surface area (Å²) in [5, 5.41) is 16.9. The molecule has 0 saturated carbocycles. The Balaban J connectivity index is 2.10. The Morgan fingerprint density at radius 2 is 2.33 bits per heavy atom. The SMILES string of the molecule is CNC(=O)c1ccc(OCC2CCCCN2)c([N+](=O)[O-])c1. The van der Waals surface area contributed by atoms with Gasteiger partial charge in [-0.25, -0.2) is 0 Å². The molecule has 0 radical (unpaired) electrons. The van der Waals surface area contributed by atoms with E-state index in [-0.39, 0.29) is 28.9 Å². The topological polar surface area (TPSA) is 93.5 Å². The highest BCUT2D eigenvalue weighted by Crippen LogP contribution is 2.28. The molecule has 1 aliphatic heterocycles. The van der Waals surface area contributed by atoms with Gasteiger partial charge in [-0.2, -0.15) is 0 Å². The van der Waals surface area contributed by atoms with E-state index in [2.05, 4.69) is 10.6 Å². The third kappa shape index (κ3) is 3.91. The van der Waals surface area contributed by atoms with Gasteiger partial charge in [-0.1, -0.05) is 6.42 Å². The van der Waals surface area contributed by atoms with Crippen LogP contribution in [0.2, 0.25) is 0 Å². The van der Waals surface area contributed by atoms with E-state index in [9.17, 15) is 14.9 Å². The molecule has 1 saturated heterocycles. The molecule has 1 unspecified atom stereocenters. The molecule has 1 heterocycles. The molecule has 0 aromatic heterocycles. The van der Waals surface area contributed by atoms with Crippen molar-refractivity contribution in [2.24, 2.45) is 0 Å². The van der Waals surface area contributed by atoms with Crippen LogP contribution in [0.3, 0.4) is 0 Å². The highest BCUT2D eigenvalue weighted by Gasteiger charge is 2.20. The number of nitro benzene ring substituents is 1. The van der Waals surface area contributed by atoms with Crippen LogP contribution in [0, 0.1) is 10.1 Å². The molecule has 1 aromatic carbocycles. The van der Waals surface area contributed by atoms with E-state index < -0.39 is 4.92 Å². The second-order valence-electron chi connectivity index (χ2n) is 4.98. The third-order valence-electron chi connectivity index (χ3n) is 3.50. The van der Waals surface area contributed by atoms with Crippen LogP contribution in [0.4, 0.5) is 5.69 Å². The molecule has 1 aliphatic rings. The van der Waals surface area contributed by atoms with E-state index in [0.29, 0.717) is 6.61 Å². The number of hydrogen-bond donors (Lipinski definition) is 2. The van der Waals surface area contributed by atoms with Crippen molar-refractivity contribution < 1.29 is 14.5 Å². The van der Waals surface area contributed by atoms with Gasteiger partial charge in [0.05, 0.1) is 4.92 Å². The minimum Gasteiger partial charge on any atom is -0.485 e. The first kappa shape index (κ1) is 15.2. The predicted molar refractivity (Wildman–Crippen MR) is 77.6 cm³/mol. The molecule has 0 bridgehead atoms. The molecule has 0 aliphatic carbocycles. The molecule has 7 nitrogen and oxygen atoms in total. The van der Waals surface area contributed by atoms with Gasteiger partial charge in [0.15, 0.2) is 5.75 Å². The first-order chi connectivity index (χ1) is 10.1. The summed E-state index contributed by atoms with van der Waals surface area (Å²) in [6.07, 6.45) is 3.29. The lowest BCUT2D eigenvalue weighted by atomic mass is 10.1. The van der Waals surface area contributed by atoms with Crippen LogP contribution in [-0.4, -0.2) is 37.1 Å². The van der Waals surface area contributed by atoms with Gasteiger partial charge < -0.3 is 15.4 Å². The van der Waals surface area contributed by atoms with Crippen LogP contribution < -0.4 is 15.4 Å². The molecule has 7 heteroatoms. The van der Waals surface area contributed by atoms with E-state index in [1.165, 1.54) is 25.2 Å². The second kappa shape index (κ2) is 7.03. The van der Waals surface area contributed by atoms with Crippen molar-refractivity contribution >= 4 is 11.6 Å². The van der Waals surface area contributed by atoms with Crippen molar-refractivity contribution in [3.63, 3.8) is 0 Å². The van der Waals surface area contributed by atoms with Crippen LogP contribution in [-0.2, 0) is 0 Å². The number of ether oxygens (including phenoxy) is 1. The maximum atomic E-state index is 11.5. The van der Waals surface area contributed by atoms with Crippen LogP contribution in [0.1, 0.15) is 29.6 Å². The number of carbonyl (C=O) groups is 1. The van der Waals surface area contributed by atoms with Crippen molar-refractivity contribution in [2.45, 2.75) is 25.3 Å². The van der Waals surface area contributed by atoms with Crippen molar-refractivity contribution in [1.82, 2.24) is 10.6 Å². The molecule has 114 valence electrons. The van der Waals surface area contributed by atoms with Gasteiger partial charge in [0.2, 0.25) is 0 Å². The Labute approximate surface area is 122 Å². The van der Waals surface area contributed by atoms with Gasteiger partial charge >= 0.3 is 5.69 Å². The standard InChI is InChI=1S/C14H19N3O4/c1-15-14(18)10-5-6-13(12(8-10)17(19)20)21-9-11-4-2-3-7-16-11/h5-6,8,11,16H,2-4,7,9H2,1H3,(H,15,18). The third-order valence-corrected chi connectivity index (χ3v) is 3.50. The fraction of sp³-hybridized carbons (Fsp3) is 0.500. The molecule has 1 amide bonds. The van der Waals surface area contributed by atoms with Gasteiger partial charge in [-0.05, 0) is 31.5 Å². The van der Waals surface area contributed by atoms with Gasteiger partial charge in [-0.3, -0.25) is 14.9 Å². The molecule has 1 aromatic rings. The second-order valence-corrected chi connectivity index (χ2v) is 4.98. The van der Waals surface area contributed by atoms with Crippen LogP contribution in [0.5, 0.6) is 5.75 Å². The number of benzene rings is 1. The summed E-state index contributed by atoms with van der Waals surface area (Å²) in [5.74, 6) is -0.168. The van der Waals surface area contributed by atoms with E-state index in [4.69, 9.17) is 4.74 Å². The van der Waals surface area contributed by atoms with E-state index >= 15 is 0 Å². The van der Waals surface area contributed by atoms with Gasteiger partial charge in [-0.15, -0.1) is 0 Å². The molecule has 0 spiro atoms. The van der Waals surface area contributed by atoms with E-state index in [1.807, 2.05) is 0 Å². The fourth-order valence-electron chi connectivity index (χ4n) is 2.32. The minimum atomic E-state index is -0.532. The van der Waals surface area contributed by atoms with Crippen LogP contribution in [0.15, 0.2) is 18.2 Å². The zero-order valence-electron chi connectivity index (χ0n) is 11.9. The largest absolute Gasteiger partial charge is 0.485 e. The number of nitro groups is 1. The number of carbonyl (C=O) groups excluding carboxylic acids is 1. The lowest BCUT2D eigenvalue weighted by molar-refractivity contribution is -0.385. The number of nitrogens with zero attached hydrogens (tertiary/aromatic N) is 1. The Hall–Kier alpha value is -2.15. The number of hydrogen-bond acceptors (Lipinski definition) is 5. The highest BCUT2D eigenvalue weighted by atomic mass is 16.6. The van der Waals surface area contributed by atoms with Gasteiger partial charge in [0.1, 0.15) is 6.61 Å². The molecule has 1 fully saturated rings. The number of nitrogens with one attached hydrogen (secondary N) is 2. The maximum Gasteiger partial charge on any atom is 0.311 e. The summed E-state index contributed by atoms with van der Waals surface area (Å²) >= 11 is 0. The van der Waals surface area contributed by atoms with Gasteiger partial charge in [0.25, 0.3) is 5.91 Å². The van der Waals surface area contributed by atoms with Crippen LogP contribution >= 0.6 is 0 Å². The number of rotatable bonds is 5. The van der Waals surface area contributed by atoms with Crippen molar-refractivity contribution in [3.05, 3.63) is 33.9 Å². The molecular weight excluding hydrogens is 274 g/mol. The first-order valence-electron chi connectivity index (χ1n) is 6.98. The molecule has 21 heavy (non-hydrogen) atoms. The molecule has 1 atom stereocenters. The summed E-state index contributed by atoms with van der Waals surface area (Å²) < 4.78 is 5.57. The Bertz CT molecular complexity index is 527. The van der Waals surface area contributed by atoms with E-state index in [0.717, 1.165) is 25.8 Å². The zero-order chi connectivity index (χ0) is 15.2. The quantitative estimate of drug-likeness (QED) is 0.633. The Morgan fingerprint density at radius 3 is 2.95 bits per heavy atom. The maximum absolute atomic E-state index is 11.5. The normalized spacial score (nSPS) is 18.0. The average molecular weight is 293 g/mol. The van der Waals surface area contributed by atoms with Crippen molar-refractivity contribution in [3.8, 4) is 5.75 Å². The van der Waals surface area contributed by atoms with E-state index in [1.54, 1.807) is 0 Å². The van der Waals surface area contributed by atoms with Crippen LogP contribution in [0.25, 0.3) is 0 Å². The van der Waals surface area contributed by atoms with Gasteiger partial charge in [0, 0.05) is 24.7 Å².